The summed E-state index contributed by atoms with van der Waals surface area (Å²) in [5.74, 6) is -0.988. The van der Waals surface area contributed by atoms with Crippen LogP contribution in [0.5, 0.6) is 5.75 Å². The summed E-state index contributed by atoms with van der Waals surface area (Å²) in [6.45, 7) is 6.73. The van der Waals surface area contributed by atoms with Gasteiger partial charge in [-0.05, 0) is 62.7 Å². The van der Waals surface area contributed by atoms with Crippen molar-refractivity contribution in [3.05, 3.63) is 59.9 Å². The zero-order chi connectivity index (χ0) is 27.4. The lowest BCUT2D eigenvalue weighted by atomic mass is 10.0. The highest BCUT2D eigenvalue weighted by Crippen LogP contribution is 2.26. The van der Waals surface area contributed by atoms with Gasteiger partial charge in [-0.15, -0.1) is 13.2 Å². The maximum atomic E-state index is 13.5. The number of alkyl halides is 3. The quantitative estimate of drug-likeness (QED) is 0.521. The summed E-state index contributed by atoms with van der Waals surface area (Å²) in [6.07, 6.45) is -5.33. The molecule has 1 atom stereocenters. The largest absolute Gasteiger partial charge is 0.573 e. The molecule has 13 heteroatoms. The van der Waals surface area contributed by atoms with Crippen LogP contribution in [0.4, 0.5) is 22.4 Å². The number of halogens is 4. The number of carbonyl (C=O) groups is 1. The number of sulfonamides is 1. The zero-order valence-electron chi connectivity index (χ0n) is 20.6. The van der Waals surface area contributed by atoms with E-state index in [-0.39, 0.29) is 11.4 Å². The monoisotopic (exact) mass is 547 g/mol. The van der Waals surface area contributed by atoms with Crippen molar-refractivity contribution in [3.8, 4) is 5.75 Å². The minimum Gasteiger partial charge on any atom is -0.444 e. The number of piperazine rings is 1. The van der Waals surface area contributed by atoms with E-state index in [1.54, 1.807) is 37.8 Å². The molecule has 1 N–H and O–H groups in total. The standard InChI is InChI=1S/C24H29F4N3O5S/c1-23(2,3)36-22(32)31-14-12-30(13-15-31)21(17-4-6-18(25)7-5-17)16-29-37(33,34)20-10-8-19(9-11-20)35-24(26,27)28/h4-11,21,29H,12-16H2,1-3H3/t21-/m1/s1. The highest BCUT2D eigenvalue weighted by atomic mass is 32.2. The van der Waals surface area contributed by atoms with Crippen molar-refractivity contribution in [2.75, 3.05) is 32.7 Å². The van der Waals surface area contributed by atoms with Crippen LogP contribution in [0.25, 0.3) is 0 Å². The molecule has 1 fully saturated rings. The second kappa shape index (κ2) is 11.2. The lowest BCUT2D eigenvalue weighted by molar-refractivity contribution is -0.274. The Labute approximate surface area is 213 Å². The SMILES string of the molecule is CC(C)(C)OC(=O)N1CCN([C@H](CNS(=O)(=O)c2ccc(OC(F)(F)F)cc2)c2ccc(F)cc2)CC1. The van der Waals surface area contributed by atoms with Crippen LogP contribution in [0.2, 0.25) is 0 Å². The lowest BCUT2D eigenvalue weighted by Gasteiger charge is -2.39. The van der Waals surface area contributed by atoms with E-state index in [4.69, 9.17) is 4.74 Å². The predicted octanol–water partition coefficient (Wildman–Crippen LogP) is 4.30. The maximum Gasteiger partial charge on any atom is 0.573 e. The Morgan fingerprint density at radius 1 is 0.973 bits per heavy atom. The lowest BCUT2D eigenvalue weighted by Crippen LogP contribution is -2.52. The van der Waals surface area contributed by atoms with Gasteiger partial charge in [0, 0.05) is 38.8 Å². The molecule has 2 aromatic carbocycles. The fraction of sp³-hybridized carbons (Fsp3) is 0.458. The Morgan fingerprint density at radius 2 is 1.54 bits per heavy atom. The van der Waals surface area contributed by atoms with E-state index in [1.807, 2.05) is 4.90 Å². The Bertz CT molecular complexity index is 1160. The van der Waals surface area contributed by atoms with E-state index in [0.29, 0.717) is 31.7 Å². The molecule has 2 aromatic rings. The summed E-state index contributed by atoms with van der Waals surface area (Å²) >= 11 is 0. The van der Waals surface area contributed by atoms with Crippen molar-refractivity contribution in [1.29, 1.82) is 0 Å². The number of amides is 1. The highest BCUT2D eigenvalue weighted by Gasteiger charge is 2.32. The minimum atomic E-state index is -4.89. The van der Waals surface area contributed by atoms with Crippen LogP contribution in [-0.2, 0) is 14.8 Å². The van der Waals surface area contributed by atoms with Gasteiger partial charge in [-0.2, -0.15) is 0 Å². The summed E-state index contributed by atoms with van der Waals surface area (Å²) in [7, 11) is -4.09. The van der Waals surface area contributed by atoms with Crippen LogP contribution in [-0.4, -0.2) is 69.0 Å². The third-order valence-electron chi connectivity index (χ3n) is 5.50. The third-order valence-corrected chi connectivity index (χ3v) is 6.94. The molecule has 1 aliphatic heterocycles. The molecule has 0 aliphatic carbocycles. The Kier molecular flexibility index (Phi) is 8.70. The van der Waals surface area contributed by atoms with E-state index in [0.717, 1.165) is 24.3 Å². The molecule has 204 valence electrons. The van der Waals surface area contributed by atoms with Crippen molar-refractivity contribution in [2.45, 2.75) is 43.7 Å². The number of hydrogen-bond donors (Lipinski definition) is 1. The van der Waals surface area contributed by atoms with Gasteiger partial charge in [0.1, 0.15) is 17.2 Å². The first-order chi connectivity index (χ1) is 17.1. The number of nitrogens with one attached hydrogen (secondary N) is 1. The molecule has 1 aliphatic rings. The summed E-state index contributed by atoms with van der Waals surface area (Å²) in [6, 6.07) is 9.00. The normalized spacial score (nSPS) is 16.4. The van der Waals surface area contributed by atoms with Gasteiger partial charge in [0.25, 0.3) is 0 Å². The molecule has 1 heterocycles. The van der Waals surface area contributed by atoms with Gasteiger partial charge in [0.2, 0.25) is 10.0 Å². The number of nitrogens with zero attached hydrogens (tertiary/aromatic N) is 2. The molecule has 0 saturated carbocycles. The minimum absolute atomic E-state index is 0.0960. The maximum absolute atomic E-state index is 13.5. The van der Waals surface area contributed by atoms with E-state index in [9.17, 15) is 30.8 Å². The van der Waals surface area contributed by atoms with Gasteiger partial charge in [-0.3, -0.25) is 4.90 Å². The summed E-state index contributed by atoms with van der Waals surface area (Å²) in [5.41, 5.74) is 0.0176. The fourth-order valence-corrected chi connectivity index (χ4v) is 4.82. The van der Waals surface area contributed by atoms with Gasteiger partial charge >= 0.3 is 12.5 Å². The first-order valence-corrected chi connectivity index (χ1v) is 12.9. The first-order valence-electron chi connectivity index (χ1n) is 11.5. The van der Waals surface area contributed by atoms with Crippen LogP contribution >= 0.6 is 0 Å². The average Bonchev–Trinajstić information content (AvgIpc) is 2.79. The number of rotatable bonds is 7. The number of carbonyl (C=O) groups excluding carboxylic acids is 1. The molecule has 0 bridgehead atoms. The van der Waals surface area contributed by atoms with Gasteiger partial charge in [0.15, 0.2) is 0 Å². The molecule has 0 aromatic heterocycles. The van der Waals surface area contributed by atoms with Crippen molar-refractivity contribution in [1.82, 2.24) is 14.5 Å². The number of hydrogen-bond acceptors (Lipinski definition) is 6. The Morgan fingerprint density at radius 3 is 2.05 bits per heavy atom. The highest BCUT2D eigenvalue weighted by molar-refractivity contribution is 7.89. The van der Waals surface area contributed by atoms with Crippen LogP contribution in [0.3, 0.4) is 0 Å². The molecular formula is C24H29F4N3O5S. The van der Waals surface area contributed by atoms with E-state index >= 15 is 0 Å². The summed E-state index contributed by atoms with van der Waals surface area (Å²) in [4.78, 5) is 15.7. The smallest absolute Gasteiger partial charge is 0.444 e. The molecule has 37 heavy (non-hydrogen) atoms. The molecule has 8 nitrogen and oxygen atoms in total. The van der Waals surface area contributed by atoms with Gasteiger partial charge < -0.3 is 14.4 Å². The van der Waals surface area contributed by atoms with E-state index in [2.05, 4.69) is 9.46 Å². The van der Waals surface area contributed by atoms with Gasteiger partial charge in [-0.1, -0.05) is 12.1 Å². The third kappa shape index (κ3) is 8.58. The second-order valence-electron chi connectivity index (χ2n) is 9.44. The van der Waals surface area contributed by atoms with E-state index < -0.39 is 45.7 Å². The predicted molar refractivity (Wildman–Crippen MR) is 127 cm³/mol. The Balaban J connectivity index is 1.71. The fourth-order valence-electron chi connectivity index (χ4n) is 3.78. The molecule has 0 radical (unpaired) electrons. The van der Waals surface area contributed by atoms with Crippen molar-refractivity contribution in [3.63, 3.8) is 0 Å². The second-order valence-corrected chi connectivity index (χ2v) is 11.2. The topological polar surface area (TPSA) is 88.2 Å². The Hall–Kier alpha value is -2.90. The molecule has 1 saturated heterocycles. The summed E-state index contributed by atoms with van der Waals surface area (Å²) in [5, 5.41) is 0. The number of ether oxygens (including phenoxy) is 2. The van der Waals surface area contributed by atoms with Gasteiger partial charge in [0.05, 0.1) is 4.90 Å². The zero-order valence-corrected chi connectivity index (χ0v) is 21.4. The van der Waals surface area contributed by atoms with Gasteiger partial charge in [-0.25, -0.2) is 22.3 Å². The van der Waals surface area contributed by atoms with Crippen molar-refractivity contribution >= 4 is 16.1 Å². The van der Waals surface area contributed by atoms with Crippen LogP contribution in [0.15, 0.2) is 53.4 Å². The molecule has 0 spiro atoms. The van der Waals surface area contributed by atoms with E-state index in [1.165, 1.54) is 12.1 Å². The van der Waals surface area contributed by atoms with Crippen LogP contribution in [0.1, 0.15) is 32.4 Å². The number of benzene rings is 2. The van der Waals surface area contributed by atoms with Crippen LogP contribution in [0, 0.1) is 5.82 Å². The molecule has 0 unspecified atom stereocenters. The average molecular weight is 548 g/mol. The molecule has 3 rings (SSSR count). The molecular weight excluding hydrogens is 518 g/mol. The summed E-state index contributed by atoms with van der Waals surface area (Å²) < 4.78 is 88.1. The first kappa shape index (κ1) is 28.7. The van der Waals surface area contributed by atoms with Crippen molar-refractivity contribution < 1.29 is 40.2 Å². The van der Waals surface area contributed by atoms with Crippen LogP contribution < -0.4 is 9.46 Å². The van der Waals surface area contributed by atoms with Crippen molar-refractivity contribution in [2.24, 2.45) is 0 Å². The molecule has 1 amide bonds.